The van der Waals surface area contributed by atoms with Crippen LogP contribution in [0.3, 0.4) is 0 Å². The highest BCUT2D eigenvalue weighted by Gasteiger charge is 1.87. The maximum Gasteiger partial charge on any atom is 0.0857 e. The standard InChI is InChI=1S/C13H14N2/c1-3-5-9-12(4-2)14-15-13-10-7-6-8-11-13/h3-11H,1H2,2H3/b9-5-,12-4+,15-14-. The molecule has 0 fully saturated rings. The van der Waals surface area contributed by atoms with Crippen molar-refractivity contribution in [2.24, 2.45) is 10.2 Å². The molecule has 0 N–H and O–H groups in total. The van der Waals surface area contributed by atoms with E-state index >= 15 is 0 Å². The molecule has 0 aliphatic rings. The highest BCUT2D eigenvalue weighted by Crippen LogP contribution is 2.12. The van der Waals surface area contributed by atoms with Gasteiger partial charge in [0.05, 0.1) is 11.4 Å². The smallest absolute Gasteiger partial charge is 0.0857 e. The Balaban J connectivity index is 2.72. The van der Waals surface area contributed by atoms with E-state index in [1.165, 1.54) is 0 Å². The maximum absolute atomic E-state index is 4.10. The topological polar surface area (TPSA) is 24.7 Å². The summed E-state index contributed by atoms with van der Waals surface area (Å²) >= 11 is 0. The lowest BCUT2D eigenvalue weighted by atomic mass is 10.3. The van der Waals surface area contributed by atoms with Gasteiger partial charge in [0, 0.05) is 0 Å². The van der Waals surface area contributed by atoms with Gasteiger partial charge in [-0.05, 0) is 25.1 Å². The van der Waals surface area contributed by atoms with Crippen molar-refractivity contribution >= 4 is 5.69 Å². The number of nitrogens with zero attached hydrogens (tertiary/aromatic N) is 2. The predicted octanol–water partition coefficient (Wildman–Crippen LogP) is 4.42. The molecule has 0 unspecified atom stereocenters. The van der Waals surface area contributed by atoms with Gasteiger partial charge in [-0.2, -0.15) is 10.2 Å². The molecule has 0 saturated carbocycles. The second-order valence-corrected chi connectivity index (χ2v) is 2.84. The molecular weight excluding hydrogens is 184 g/mol. The first-order valence-corrected chi connectivity index (χ1v) is 4.79. The fourth-order valence-corrected chi connectivity index (χ4v) is 0.964. The Morgan fingerprint density at radius 1 is 1.27 bits per heavy atom. The molecule has 2 nitrogen and oxygen atoms in total. The van der Waals surface area contributed by atoms with Crippen LogP contribution in [-0.2, 0) is 0 Å². The summed E-state index contributed by atoms with van der Waals surface area (Å²) in [6.07, 6.45) is 7.30. The Kier molecular flexibility index (Phi) is 4.81. The van der Waals surface area contributed by atoms with Crippen molar-refractivity contribution < 1.29 is 0 Å². The van der Waals surface area contributed by atoms with Gasteiger partial charge in [-0.1, -0.05) is 43.0 Å². The summed E-state index contributed by atoms with van der Waals surface area (Å²) in [5, 5.41) is 8.20. The predicted molar refractivity (Wildman–Crippen MR) is 64.1 cm³/mol. The van der Waals surface area contributed by atoms with Gasteiger partial charge < -0.3 is 0 Å². The van der Waals surface area contributed by atoms with Crippen molar-refractivity contribution in [3.8, 4) is 0 Å². The third kappa shape index (κ3) is 4.18. The second-order valence-electron chi connectivity index (χ2n) is 2.84. The van der Waals surface area contributed by atoms with Crippen LogP contribution in [0.25, 0.3) is 0 Å². The molecule has 0 radical (unpaired) electrons. The van der Waals surface area contributed by atoms with E-state index in [-0.39, 0.29) is 0 Å². The fraction of sp³-hybridized carbons (Fsp3) is 0.0769. The molecule has 0 bridgehead atoms. The molecule has 0 aliphatic heterocycles. The monoisotopic (exact) mass is 198 g/mol. The van der Waals surface area contributed by atoms with Crippen LogP contribution in [0.1, 0.15) is 6.92 Å². The fourth-order valence-electron chi connectivity index (χ4n) is 0.964. The number of hydrogen-bond acceptors (Lipinski definition) is 2. The second kappa shape index (κ2) is 6.49. The van der Waals surface area contributed by atoms with Crippen LogP contribution in [0.4, 0.5) is 5.69 Å². The molecule has 1 rings (SSSR count). The average molecular weight is 198 g/mol. The summed E-state index contributed by atoms with van der Waals surface area (Å²) in [5.41, 5.74) is 1.67. The molecule has 1 aromatic rings. The highest BCUT2D eigenvalue weighted by molar-refractivity contribution is 5.35. The Labute approximate surface area is 90.4 Å². The highest BCUT2D eigenvalue weighted by atomic mass is 15.1. The van der Waals surface area contributed by atoms with Gasteiger partial charge >= 0.3 is 0 Å². The minimum atomic E-state index is 0.818. The zero-order valence-corrected chi connectivity index (χ0v) is 8.80. The van der Waals surface area contributed by atoms with Gasteiger partial charge in [0.1, 0.15) is 0 Å². The van der Waals surface area contributed by atoms with E-state index in [2.05, 4.69) is 16.8 Å². The van der Waals surface area contributed by atoms with Crippen molar-refractivity contribution in [3.63, 3.8) is 0 Å². The quantitative estimate of drug-likeness (QED) is 0.505. The lowest BCUT2D eigenvalue weighted by Gasteiger charge is -1.91. The normalized spacial score (nSPS) is 12.5. The van der Waals surface area contributed by atoms with E-state index in [0.717, 1.165) is 11.4 Å². The molecule has 0 saturated heterocycles. The van der Waals surface area contributed by atoms with Gasteiger partial charge in [0.15, 0.2) is 0 Å². The van der Waals surface area contributed by atoms with Crippen LogP contribution in [0, 0.1) is 0 Å². The molecule has 0 spiro atoms. The Bertz CT molecular complexity index is 386. The maximum atomic E-state index is 4.10. The van der Waals surface area contributed by atoms with Crippen LogP contribution >= 0.6 is 0 Å². The van der Waals surface area contributed by atoms with Crippen LogP contribution in [-0.4, -0.2) is 0 Å². The summed E-state index contributed by atoms with van der Waals surface area (Å²) in [5.74, 6) is 0. The molecule has 0 heterocycles. The minimum Gasteiger partial charge on any atom is -0.151 e. The summed E-state index contributed by atoms with van der Waals surface area (Å²) < 4.78 is 0. The Morgan fingerprint density at radius 3 is 2.60 bits per heavy atom. The summed E-state index contributed by atoms with van der Waals surface area (Å²) in [6, 6.07) is 9.64. The number of allylic oxidation sites excluding steroid dienone is 4. The molecule has 15 heavy (non-hydrogen) atoms. The Hall–Kier alpha value is -1.96. The molecule has 0 aliphatic carbocycles. The zero-order valence-electron chi connectivity index (χ0n) is 8.80. The van der Waals surface area contributed by atoms with E-state index in [1.807, 2.05) is 55.5 Å². The van der Waals surface area contributed by atoms with Gasteiger partial charge in [0.25, 0.3) is 0 Å². The Morgan fingerprint density at radius 2 is 2.00 bits per heavy atom. The van der Waals surface area contributed by atoms with Gasteiger partial charge in [-0.3, -0.25) is 0 Å². The van der Waals surface area contributed by atoms with Gasteiger partial charge in [-0.15, -0.1) is 0 Å². The zero-order chi connectivity index (χ0) is 10.9. The van der Waals surface area contributed by atoms with Crippen LogP contribution in [0.5, 0.6) is 0 Å². The number of benzene rings is 1. The summed E-state index contributed by atoms with van der Waals surface area (Å²) in [4.78, 5) is 0. The number of azo groups is 1. The molecule has 76 valence electrons. The van der Waals surface area contributed by atoms with Crippen molar-refractivity contribution in [2.75, 3.05) is 0 Å². The number of hydrogen-bond donors (Lipinski definition) is 0. The van der Waals surface area contributed by atoms with E-state index in [4.69, 9.17) is 0 Å². The van der Waals surface area contributed by atoms with E-state index in [9.17, 15) is 0 Å². The van der Waals surface area contributed by atoms with E-state index in [1.54, 1.807) is 6.08 Å². The molecule has 2 heteroatoms. The molecular formula is C13H14N2. The van der Waals surface area contributed by atoms with E-state index in [0.29, 0.717) is 0 Å². The molecule has 0 aromatic heterocycles. The van der Waals surface area contributed by atoms with Crippen molar-refractivity contribution in [3.05, 3.63) is 66.9 Å². The van der Waals surface area contributed by atoms with Crippen molar-refractivity contribution in [1.29, 1.82) is 0 Å². The lowest BCUT2D eigenvalue weighted by Crippen LogP contribution is -1.68. The molecule has 1 aromatic carbocycles. The first kappa shape index (κ1) is 11.1. The van der Waals surface area contributed by atoms with Crippen molar-refractivity contribution in [2.45, 2.75) is 6.92 Å². The summed E-state index contributed by atoms with van der Waals surface area (Å²) in [6.45, 7) is 5.52. The third-order valence-electron chi connectivity index (χ3n) is 1.74. The average Bonchev–Trinajstić information content (AvgIpc) is 2.31. The number of rotatable bonds is 4. The van der Waals surface area contributed by atoms with Crippen LogP contribution in [0.2, 0.25) is 0 Å². The SMILES string of the molecule is C=C\C=C/C(=C\C)/N=N\c1ccccc1. The van der Waals surface area contributed by atoms with Crippen LogP contribution < -0.4 is 0 Å². The largest absolute Gasteiger partial charge is 0.151 e. The lowest BCUT2D eigenvalue weighted by molar-refractivity contribution is 1.16. The third-order valence-corrected chi connectivity index (χ3v) is 1.74. The summed E-state index contributed by atoms with van der Waals surface area (Å²) in [7, 11) is 0. The minimum absolute atomic E-state index is 0.818. The van der Waals surface area contributed by atoms with E-state index < -0.39 is 0 Å². The molecule has 0 atom stereocenters. The first-order valence-electron chi connectivity index (χ1n) is 4.79. The first-order chi connectivity index (χ1) is 7.36. The van der Waals surface area contributed by atoms with Crippen molar-refractivity contribution in [1.82, 2.24) is 0 Å². The van der Waals surface area contributed by atoms with Gasteiger partial charge in [-0.25, -0.2) is 0 Å². The van der Waals surface area contributed by atoms with Gasteiger partial charge in [0.2, 0.25) is 0 Å². The molecule has 0 amide bonds. The van der Waals surface area contributed by atoms with Crippen LogP contribution in [0.15, 0.2) is 77.1 Å².